The van der Waals surface area contributed by atoms with Gasteiger partial charge in [0, 0.05) is 36.9 Å². The van der Waals surface area contributed by atoms with Gasteiger partial charge in [-0.3, -0.25) is 19.2 Å². The first-order chi connectivity index (χ1) is 26.0. The van der Waals surface area contributed by atoms with Crippen LogP contribution in [0.15, 0.2) is 12.4 Å². The molecule has 1 heterocycles. The zero-order valence-electron chi connectivity index (χ0n) is 36.9. The van der Waals surface area contributed by atoms with Crippen LogP contribution in [-0.2, 0) is 32.2 Å². The maximum atomic E-state index is 13.4. The van der Waals surface area contributed by atoms with Crippen LogP contribution in [0.1, 0.15) is 214 Å². The van der Waals surface area contributed by atoms with E-state index in [0.29, 0.717) is 32.5 Å². The quantitative estimate of drug-likeness (QED) is 0.0493. The molecule has 0 aliphatic heterocycles. The molecule has 0 amide bonds. The maximum Gasteiger partial charge on any atom is 0.307 e. The number of carbonyl (C=O) groups excluding carboxylic acids is 2. The van der Waals surface area contributed by atoms with Gasteiger partial charge in [0.15, 0.2) is 0 Å². The van der Waals surface area contributed by atoms with Crippen molar-refractivity contribution in [3.05, 3.63) is 18.0 Å². The van der Waals surface area contributed by atoms with Crippen LogP contribution in [0.4, 0.5) is 0 Å². The summed E-state index contributed by atoms with van der Waals surface area (Å²) in [6.45, 7) is 15.9. The second kappa shape index (κ2) is 32.2. The van der Waals surface area contributed by atoms with E-state index in [1.54, 1.807) is 0 Å². The number of carbonyl (C=O) groups is 2. The van der Waals surface area contributed by atoms with Gasteiger partial charge in [0.25, 0.3) is 0 Å². The summed E-state index contributed by atoms with van der Waals surface area (Å²) in [6.07, 6.45) is 32.9. The molecule has 0 N–H and O–H groups in total. The number of hydrogen-bond acceptors (Lipinski definition) is 7. The number of ether oxygens (including phenoxy) is 2. The fourth-order valence-corrected chi connectivity index (χ4v) is 7.06. The Morgan fingerprint density at radius 3 is 1.39 bits per heavy atom. The lowest BCUT2D eigenvalue weighted by atomic mass is 10.0. The van der Waals surface area contributed by atoms with E-state index in [1.807, 2.05) is 10.9 Å². The Balaban J connectivity index is 2.92. The molecular weight excluding hydrogens is 673 g/mol. The van der Waals surface area contributed by atoms with Crippen LogP contribution < -0.4 is 0 Å². The van der Waals surface area contributed by atoms with Gasteiger partial charge in [-0.2, -0.15) is 5.10 Å². The number of nitrogens with zero attached hydrogens (tertiary/aromatic N) is 4. The minimum atomic E-state index is -0.122. The molecule has 0 aromatic carbocycles. The van der Waals surface area contributed by atoms with Crippen molar-refractivity contribution in [2.75, 3.05) is 27.2 Å². The number of aromatic nitrogens is 2. The summed E-state index contributed by atoms with van der Waals surface area (Å²) in [5, 5.41) is 4.67. The SMILES string of the molecule is CCCCCCCCC(CCCCCC)OC(=O)CCN(CCC(=O)OC(CCCCCC)CCCCCCCC)Cc1cnn(CC(C)(C)N(C)C)c1. The summed E-state index contributed by atoms with van der Waals surface area (Å²) in [4.78, 5) is 31.1. The Hall–Kier alpha value is -1.93. The molecule has 0 fully saturated rings. The van der Waals surface area contributed by atoms with Gasteiger partial charge in [-0.25, -0.2) is 0 Å². The third-order valence-corrected chi connectivity index (χ3v) is 11.2. The van der Waals surface area contributed by atoms with Gasteiger partial charge in [-0.05, 0) is 79.3 Å². The van der Waals surface area contributed by atoms with E-state index in [2.05, 4.69) is 76.7 Å². The molecule has 0 spiro atoms. The van der Waals surface area contributed by atoms with Crippen LogP contribution in [0.5, 0.6) is 0 Å². The number of likely N-dealkylation sites (N-methyl/N-ethyl adjacent to an activating group) is 1. The van der Waals surface area contributed by atoms with Crippen molar-refractivity contribution in [1.82, 2.24) is 19.6 Å². The highest BCUT2D eigenvalue weighted by Crippen LogP contribution is 2.20. The first kappa shape index (κ1) is 50.1. The van der Waals surface area contributed by atoms with Gasteiger partial charge in [-0.1, -0.05) is 130 Å². The van der Waals surface area contributed by atoms with Gasteiger partial charge >= 0.3 is 11.9 Å². The summed E-state index contributed by atoms with van der Waals surface area (Å²) in [5.41, 5.74) is 1.04. The average Bonchev–Trinajstić information content (AvgIpc) is 3.57. The van der Waals surface area contributed by atoms with Crippen molar-refractivity contribution in [2.45, 2.75) is 239 Å². The second-order valence-electron chi connectivity index (χ2n) is 17.1. The summed E-state index contributed by atoms with van der Waals surface area (Å²) < 4.78 is 14.3. The van der Waals surface area contributed by atoms with Crippen LogP contribution in [0.25, 0.3) is 0 Å². The lowest BCUT2D eigenvalue weighted by Gasteiger charge is -2.32. The molecule has 1 rings (SSSR count). The number of hydrogen-bond donors (Lipinski definition) is 0. The first-order valence-electron chi connectivity index (χ1n) is 22.8. The highest BCUT2D eigenvalue weighted by Gasteiger charge is 2.23. The fourth-order valence-electron chi connectivity index (χ4n) is 7.06. The van der Waals surface area contributed by atoms with Crippen LogP contribution >= 0.6 is 0 Å². The molecule has 0 saturated heterocycles. The molecule has 2 atom stereocenters. The fraction of sp³-hybridized carbons (Fsp3) is 0.891. The molecule has 54 heavy (non-hydrogen) atoms. The molecule has 0 radical (unpaired) electrons. The number of unbranched alkanes of at least 4 members (excludes halogenated alkanes) is 16. The summed E-state index contributed by atoms with van der Waals surface area (Å²) >= 11 is 0. The lowest BCUT2D eigenvalue weighted by Crippen LogP contribution is -2.42. The minimum absolute atomic E-state index is 0.00291. The van der Waals surface area contributed by atoms with Gasteiger partial charge in [0.05, 0.1) is 25.6 Å². The predicted octanol–water partition coefficient (Wildman–Crippen LogP) is 12.1. The molecule has 2 unspecified atom stereocenters. The van der Waals surface area contributed by atoms with Crippen LogP contribution in [-0.4, -0.2) is 76.5 Å². The predicted molar refractivity (Wildman–Crippen MR) is 228 cm³/mol. The van der Waals surface area contributed by atoms with E-state index in [1.165, 1.54) is 103 Å². The molecule has 1 aromatic rings. The average molecular weight is 761 g/mol. The Labute approximate surface area is 334 Å². The van der Waals surface area contributed by atoms with Crippen LogP contribution in [0.3, 0.4) is 0 Å². The highest BCUT2D eigenvalue weighted by molar-refractivity contribution is 5.70. The molecule has 1 aromatic heterocycles. The monoisotopic (exact) mass is 761 g/mol. The topological polar surface area (TPSA) is 76.9 Å². The minimum Gasteiger partial charge on any atom is -0.462 e. The number of rotatable bonds is 37. The van der Waals surface area contributed by atoms with E-state index in [0.717, 1.165) is 63.5 Å². The zero-order valence-corrected chi connectivity index (χ0v) is 36.9. The van der Waals surface area contributed by atoms with Gasteiger partial charge in [0.1, 0.15) is 12.2 Å². The zero-order chi connectivity index (χ0) is 39.9. The summed E-state index contributed by atoms with van der Waals surface area (Å²) in [6, 6.07) is 0. The van der Waals surface area contributed by atoms with Crippen molar-refractivity contribution < 1.29 is 19.1 Å². The molecule has 0 bridgehead atoms. The summed E-state index contributed by atoms with van der Waals surface area (Å²) in [5.74, 6) is -0.243. The molecule has 8 heteroatoms. The van der Waals surface area contributed by atoms with Crippen LogP contribution in [0.2, 0.25) is 0 Å². The standard InChI is InChI=1S/C46H88N4O4/c1-9-13-17-21-23-27-31-42(29-25-19-15-11-3)53-44(51)33-35-49(38-41-37-47-50(39-41)40-46(5,6)48(7)8)36-34-45(52)54-43(30-26-20-16-12-4)32-28-24-22-18-14-10-2/h37,39,42-43H,9-36,38,40H2,1-8H3. The van der Waals surface area contributed by atoms with Gasteiger partial charge in [0.2, 0.25) is 0 Å². The van der Waals surface area contributed by atoms with Gasteiger partial charge < -0.3 is 14.4 Å². The Kier molecular flexibility index (Phi) is 29.9. The van der Waals surface area contributed by atoms with E-state index < -0.39 is 0 Å². The molecule has 8 nitrogen and oxygen atoms in total. The first-order valence-corrected chi connectivity index (χ1v) is 22.8. The third kappa shape index (κ3) is 26.0. The van der Waals surface area contributed by atoms with E-state index >= 15 is 0 Å². The summed E-state index contributed by atoms with van der Waals surface area (Å²) in [7, 11) is 4.19. The number of esters is 2. The lowest BCUT2D eigenvalue weighted by molar-refractivity contribution is -0.150. The van der Waals surface area contributed by atoms with Gasteiger partial charge in [-0.15, -0.1) is 0 Å². The molecule has 316 valence electrons. The smallest absolute Gasteiger partial charge is 0.307 e. The van der Waals surface area contributed by atoms with Crippen molar-refractivity contribution in [3.63, 3.8) is 0 Å². The van der Waals surface area contributed by atoms with Crippen LogP contribution in [0, 0.1) is 0 Å². The van der Waals surface area contributed by atoms with E-state index in [-0.39, 0.29) is 29.7 Å². The normalized spacial score (nSPS) is 13.1. The second-order valence-corrected chi connectivity index (χ2v) is 17.1. The van der Waals surface area contributed by atoms with Crippen molar-refractivity contribution in [2.24, 2.45) is 0 Å². The Morgan fingerprint density at radius 1 is 0.630 bits per heavy atom. The van der Waals surface area contributed by atoms with E-state index in [9.17, 15) is 9.59 Å². The van der Waals surface area contributed by atoms with Crippen molar-refractivity contribution in [1.29, 1.82) is 0 Å². The molecule has 0 aliphatic rings. The van der Waals surface area contributed by atoms with Crippen molar-refractivity contribution in [3.8, 4) is 0 Å². The Morgan fingerprint density at radius 2 is 1.00 bits per heavy atom. The van der Waals surface area contributed by atoms with Crippen molar-refractivity contribution >= 4 is 11.9 Å². The third-order valence-electron chi connectivity index (χ3n) is 11.2. The highest BCUT2D eigenvalue weighted by atomic mass is 16.5. The van der Waals surface area contributed by atoms with E-state index in [4.69, 9.17) is 9.47 Å². The molecule has 0 aliphatic carbocycles. The Bertz CT molecular complexity index is 992. The molecule has 0 saturated carbocycles. The maximum absolute atomic E-state index is 13.4. The molecular formula is C46H88N4O4. The largest absolute Gasteiger partial charge is 0.462 e.